The molecule has 1 amide bonds. The van der Waals surface area contributed by atoms with Crippen LogP contribution in [0.4, 0.5) is 19.1 Å². The molecular weight excluding hydrogens is 421 g/mol. The van der Waals surface area contributed by atoms with Gasteiger partial charge in [0, 0.05) is 18.3 Å². The summed E-state index contributed by atoms with van der Waals surface area (Å²) < 4.78 is 44.4. The Kier molecular flexibility index (Phi) is 5.98. The second-order valence-electron chi connectivity index (χ2n) is 7.45. The third-order valence-corrected chi connectivity index (χ3v) is 5.35. The van der Waals surface area contributed by atoms with Gasteiger partial charge in [-0.15, -0.1) is 0 Å². The quantitative estimate of drug-likeness (QED) is 0.630. The maximum atomic E-state index is 12.9. The second kappa shape index (κ2) is 8.86. The van der Waals surface area contributed by atoms with E-state index in [1.54, 1.807) is 17.0 Å². The summed E-state index contributed by atoms with van der Waals surface area (Å²) in [6.45, 7) is 0.398. The molecule has 1 aliphatic rings. The zero-order valence-corrected chi connectivity index (χ0v) is 17.0. The Balaban J connectivity index is 1.59. The number of anilines is 1. The summed E-state index contributed by atoms with van der Waals surface area (Å²) in [6.07, 6.45) is -1.52. The number of carbonyl (C=O) groups is 1. The van der Waals surface area contributed by atoms with E-state index in [1.807, 2.05) is 18.2 Å². The number of nitrogens with zero attached hydrogens (tertiary/aromatic N) is 3. The number of likely N-dealkylation sites (tertiary alicyclic amines) is 1. The molecule has 1 atom stereocenters. The van der Waals surface area contributed by atoms with Crippen LogP contribution < -0.4 is 10.5 Å². The smallest absolute Gasteiger partial charge is 0.416 e. The first-order valence-electron chi connectivity index (χ1n) is 10.1. The Morgan fingerprint density at radius 1 is 1.12 bits per heavy atom. The predicted octanol–water partition coefficient (Wildman–Crippen LogP) is 4.49. The van der Waals surface area contributed by atoms with Gasteiger partial charge >= 0.3 is 6.18 Å². The minimum Gasteiger partial charge on any atom is -0.484 e. The lowest BCUT2D eigenvalue weighted by Crippen LogP contribution is -2.35. The largest absolute Gasteiger partial charge is 0.484 e. The number of amides is 1. The van der Waals surface area contributed by atoms with E-state index in [1.165, 1.54) is 18.3 Å². The molecule has 0 aliphatic carbocycles. The van der Waals surface area contributed by atoms with Gasteiger partial charge in [-0.2, -0.15) is 13.2 Å². The molecule has 0 radical (unpaired) electrons. The molecule has 2 heterocycles. The molecular formula is C23H21F3N4O2. The molecule has 2 aromatic carbocycles. The number of carbonyl (C=O) groups excluding carboxylic acids is 1. The second-order valence-corrected chi connectivity index (χ2v) is 7.45. The van der Waals surface area contributed by atoms with Crippen LogP contribution in [0, 0.1) is 0 Å². The summed E-state index contributed by atoms with van der Waals surface area (Å²) in [5.41, 5.74) is 6.65. The Labute approximate surface area is 182 Å². The van der Waals surface area contributed by atoms with Gasteiger partial charge in [0.1, 0.15) is 5.75 Å². The molecule has 9 heteroatoms. The number of benzene rings is 2. The lowest BCUT2D eigenvalue weighted by Gasteiger charge is -2.26. The normalized spacial score (nSPS) is 16.2. The van der Waals surface area contributed by atoms with Gasteiger partial charge in [-0.25, -0.2) is 9.97 Å². The van der Waals surface area contributed by atoms with E-state index in [-0.39, 0.29) is 24.5 Å². The Bertz CT molecular complexity index is 1090. The number of nitrogens with two attached hydrogens (primary N) is 1. The first kappa shape index (κ1) is 21.6. The highest BCUT2D eigenvalue weighted by atomic mass is 19.4. The number of halogens is 3. The fraction of sp³-hybridized carbons (Fsp3) is 0.261. The van der Waals surface area contributed by atoms with E-state index in [4.69, 9.17) is 10.5 Å². The zero-order chi connectivity index (χ0) is 22.7. The Hall–Kier alpha value is -3.62. The van der Waals surface area contributed by atoms with Crippen LogP contribution in [0.5, 0.6) is 5.75 Å². The SMILES string of the molecule is Nc1ncc(-c2ccc(C(F)(F)F)cc2)c([C@H]2CCCN2C(=O)COc2ccccc2)n1. The molecule has 0 bridgehead atoms. The van der Waals surface area contributed by atoms with Gasteiger partial charge < -0.3 is 15.4 Å². The first-order chi connectivity index (χ1) is 15.3. The van der Waals surface area contributed by atoms with Crippen LogP contribution in [0.1, 0.15) is 30.1 Å². The van der Waals surface area contributed by atoms with Gasteiger partial charge in [-0.3, -0.25) is 4.79 Å². The number of para-hydroxylation sites is 1. The summed E-state index contributed by atoms with van der Waals surface area (Å²) in [6, 6.07) is 13.4. The first-order valence-corrected chi connectivity index (χ1v) is 10.1. The molecule has 3 aromatic rings. The molecule has 2 N–H and O–H groups in total. The third-order valence-electron chi connectivity index (χ3n) is 5.35. The molecule has 1 saturated heterocycles. The molecule has 0 saturated carbocycles. The van der Waals surface area contributed by atoms with Crippen LogP contribution in [-0.4, -0.2) is 33.9 Å². The summed E-state index contributed by atoms with van der Waals surface area (Å²) in [5, 5.41) is 0. The summed E-state index contributed by atoms with van der Waals surface area (Å²) in [4.78, 5) is 23.0. The van der Waals surface area contributed by atoms with Crippen LogP contribution in [0.2, 0.25) is 0 Å². The van der Waals surface area contributed by atoms with Gasteiger partial charge in [0.25, 0.3) is 5.91 Å². The maximum absolute atomic E-state index is 12.9. The number of rotatable bonds is 5. The highest BCUT2D eigenvalue weighted by Crippen LogP contribution is 2.38. The molecule has 0 unspecified atom stereocenters. The van der Waals surface area contributed by atoms with Gasteiger partial charge in [0.05, 0.1) is 17.3 Å². The van der Waals surface area contributed by atoms with E-state index >= 15 is 0 Å². The molecule has 1 fully saturated rings. The van der Waals surface area contributed by atoms with Gasteiger partial charge in [0.15, 0.2) is 6.61 Å². The standard InChI is InChI=1S/C23H21F3N4O2/c24-23(25,26)16-10-8-15(9-11-16)18-13-28-22(27)29-21(18)19-7-4-12-30(19)20(31)14-32-17-5-2-1-3-6-17/h1-3,5-6,8-11,13,19H,4,7,12,14H2,(H2,27,28,29)/t19-/m1/s1. The number of hydrogen-bond donors (Lipinski definition) is 1. The lowest BCUT2D eigenvalue weighted by atomic mass is 9.98. The maximum Gasteiger partial charge on any atom is 0.416 e. The Morgan fingerprint density at radius 2 is 1.84 bits per heavy atom. The Morgan fingerprint density at radius 3 is 2.53 bits per heavy atom. The number of nitrogen functional groups attached to an aromatic ring is 1. The van der Waals surface area contributed by atoms with E-state index in [0.29, 0.717) is 35.5 Å². The van der Waals surface area contributed by atoms with Crippen molar-refractivity contribution in [2.75, 3.05) is 18.9 Å². The molecule has 6 nitrogen and oxygen atoms in total. The van der Waals surface area contributed by atoms with Crippen molar-refractivity contribution in [3.8, 4) is 16.9 Å². The third kappa shape index (κ3) is 4.66. The molecule has 4 rings (SSSR count). The van der Waals surface area contributed by atoms with Crippen molar-refractivity contribution < 1.29 is 22.7 Å². The van der Waals surface area contributed by atoms with E-state index in [9.17, 15) is 18.0 Å². The minimum atomic E-state index is -4.42. The topological polar surface area (TPSA) is 81.3 Å². The highest BCUT2D eigenvalue weighted by Gasteiger charge is 2.34. The number of ether oxygens (including phenoxy) is 1. The van der Waals surface area contributed by atoms with E-state index in [2.05, 4.69) is 9.97 Å². The van der Waals surface area contributed by atoms with Crippen molar-refractivity contribution in [1.29, 1.82) is 0 Å². The van der Waals surface area contributed by atoms with Crippen molar-refractivity contribution in [3.63, 3.8) is 0 Å². The van der Waals surface area contributed by atoms with Crippen molar-refractivity contribution in [1.82, 2.24) is 14.9 Å². The van der Waals surface area contributed by atoms with Crippen LogP contribution in [0.25, 0.3) is 11.1 Å². The van der Waals surface area contributed by atoms with Gasteiger partial charge in [-0.05, 0) is 42.7 Å². The van der Waals surface area contributed by atoms with E-state index in [0.717, 1.165) is 18.6 Å². The minimum absolute atomic E-state index is 0.0375. The molecule has 166 valence electrons. The molecule has 1 aliphatic heterocycles. The van der Waals surface area contributed by atoms with Crippen LogP contribution >= 0.6 is 0 Å². The van der Waals surface area contributed by atoms with Crippen LogP contribution in [-0.2, 0) is 11.0 Å². The van der Waals surface area contributed by atoms with Crippen LogP contribution in [0.3, 0.4) is 0 Å². The van der Waals surface area contributed by atoms with Gasteiger partial charge in [0.2, 0.25) is 5.95 Å². The monoisotopic (exact) mass is 442 g/mol. The average molecular weight is 442 g/mol. The predicted molar refractivity (Wildman–Crippen MR) is 113 cm³/mol. The van der Waals surface area contributed by atoms with E-state index < -0.39 is 11.7 Å². The molecule has 32 heavy (non-hydrogen) atoms. The van der Waals surface area contributed by atoms with Crippen molar-refractivity contribution in [3.05, 3.63) is 72.1 Å². The zero-order valence-electron chi connectivity index (χ0n) is 17.0. The number of hydrogen-bond acceptors (Lipinski definition) is 5. The summed E-state index contributed by atoms with van der Waals surface area (Å²) >= 11 is 0. The fourth-order valence-corrected chi connectivity index (χ4v) is 3.82. The molecule has 1 aromatic heterocycles. The lowest BCUT2D eigenvalue weighted by molar-refractivity contribution is -0.137. The molecule has 0 spiro atoms. The summed E-state index contributed by atoms with van der Waals surface area (Å²) in [7, 11) is 0. The van der Waals surface area contributed by atoms with Crippen molar-refractivity contribution in [2.24, 2.45) is 0 Å². The fourth-order valence-electron chi connectivity index (χ4n) is 3.82. The van der Waals surface area contributed by atoms with Crippen molar-refractivity contribution in [2.45, 2.75) is 25.1 Å². The number of aromatic nitrogens is 2. The van der Waals surface area contributed by atoms with Crippen molar-refractivity contribution >= 4 is 11.9 Å². The number of alkyl halides is 3. The van der Waals surface area contributed by atoms with Gasteiger partial charge in [-0.1, -0.05) is 30.3 Å². The van der Waals surface area contributed by atoms with Crippen LogP contribution in [0.15, 0.2) is 60.8 Å². The average Bonchev–Trinajstić information content (AvgIpc) is 3.28. The highest BCUT2D eigenvalue weighted by molar-refractivity contribution is 5.79. The summed E-state index contributed by atoms with van der Waals surface area (Å²) in [5.74, 6) is 0.427.